The van der Waals surface area contributed by atoms with Crippen LogP contribution < -0.4 is 9.47 Å². The second-order valence-electron chi connectivity index (χ2n) is 9.30. The molecule has 4 aromatic rings. The molecule has 0 unspecified atom stereocenters. The van der Waals surface area contributed by atoms with Gasteiger partial charge >= 0.3 is 0 Å². The number of thioether (sulfide) groups is 1. The number of methoxy groups -OCH3 is 1. The number of ether oxygens (including phenoxy) is 2. The van der Waals surface area contributed by atoms with E-state index in [0.29, 0.717) is 33.8 Å². The lowest BCUT2D eigenvalue weighted by atomic mass is 10.1. The highest BCUT2D eigenvalue weighted by molar-refractivity contribution is 8.18. The number of benzene rings is 3. The monoisotopic (exact) mass is 559 g/mol. The Kier molecular flexibility index (Phi) is 8.29. The van der Waals surface area contributed by atoms with Crippen LogP contribution in [-0.4, -0.2) is 40.7 Å². The molecule has 1 aliphatic rings. The first kappa shape index (κ1) is 26.9. The van der Waals surface area contributed by atoms with E-state index in [-0.39, 0.29) is 12.0 Å². The predicted octanol–water partition coefficient (Wildman–Crippen LogP) is 7.85. The summed E-state index contributed by atoms with van der Waals surface area (Å²) in [6.45, 7) is 4.58. The lowest BCUT2D eigenvalue weighted by Gasteiger charge is -2.15. The third-order valence-electron chi connectivity index (χ3n) is 6.62. The van der Waals surface area contributed by atoms with Crippen LogP contribution in [-0.2, 0) is 11.2 Å². The lowest BCUT2D eigenvalue weighted by molar-refractivity contribution is -0.122. The van der Waals surface area contributed by atoms with Crippen molar-refractivity contribution >= 4 is 57.1 Å². The van der Waals surface area contributed by atoms with Crippen LogP contribution in [0.4, 0.5) is 5.69 Å². The molecule has 2 heterocycles. The number of aliphatic imine (C=N–C) groups is 1. The first-order chi connectivity index (χ1) is 18.9. The van der Waals surface area contributed by atoms with Crippen LogP contribution in [0.15, 0.2) is 82.8 Å². The van der Waals surface area contributed by atoms with Crippen LogP contribution in [0.25, 0.3) is 17.0 Å². The lowest BCUT2D eigenvalue weighted by Crippen LogP contribution is -2.31. The second kappa shape index (κ2) is 12.0. The maximum atomic E-state index is 13.6. The number of carbonyl (C=O) groups is 1. The van der Waals surface area contributed by atoms with E-state index in [4.69, 9.17) is 26.1 Å². The van der Waals surface area contributed by atoms with E-state index in [2.05, 4.69) is 24.0 Å². The average molecular weight is 560 g/mol. The van der Waals surface area contributed by atoms with Gasteiger partial charge in [0.15, 0.2) is 5.17 Å². The van der Waals surface area contributed by atoms with E-state index in [1.54, 1.807) is 12.0 Å². The normalized spacial score (nSPS) is 16.4. The first-order valence-electron chi connectivity index (χ1n) is 12.9. The van der Waals surface area contributed by atoms with Gasteiger partial charge in [-0.15, -0.1) is 0 Å². The van der Waals surface area contributed by atoms with Crippen LogP contribution in [0.1, 0.15) is 31.4 Å². The molecule has 3 aromatic carbocycles. The van der Waals surface area contributed by atoms with Crippen LogP contribution in [0, 0.1) is 0 Å². The number of rotatable bonds is 9. The fourth-order valence-corrected chi connectivity index (χ4v) is 5.54. The highest BCUT2D eigenvalue weighted by Crippen LogP contribution is 2.36. The third kappa shape index (κ3) is 6.15. The van der Waals surface area contributed by atoms with Crippen molar-refractivity contribution in [1.29, 1.82) is 0 Å². The number of carbonyl (C=O) groups excluding carboxylic acids is 1. The summed E-state index contributed by atoms with van der Waals surface area (Å²) < 4.78 is 11.2. The van der Waals surface area contributed by atoms with E-state index >= 15 is 0 Å². The minimum absolute atomic E-state index is 0.0705. The Morgan fingerprint density at radius 3 is 2.67 bits per heavy atom. The molecule has 39 heavy (non-hydrogen) atoms. The number of H-pyrrole nitrogens is 1. The molecule has 0 aliphatic carbocycles. The molecule has 0 saturated carbocycles. The Balaban J connectivity index is 1.42. The summed E-state index contributed by atoms with van der Waals surface area (Å²) in [5.41, 5.74) is 3.82. The largest absolute Gasteiger partial charge is 0.497 e. The Labute approximate surface area is 237 Å². The molecule has 0 spiro atoms. The quantitative estimate of drug-likeness (QED) is 0.212. The summed E-state index contributed by atoms with van der Waals surface area (Å²) in [6, 6.07) is 21.3. The minimum Gasteiger partial charge on any atom is -0.497 e. The van der Waals surface area contributed by atoms with Gasteiger partial charge in [0.05, 0.1) is 28.8 Å². The van der Waals surface area contributed by atoms with Crippen LogP contribution in [0.3, 0.4) is 0 Å². The molecule has 6 nitrogen and oxygen atoms in total. The summed E-state index contributed by atoms with van der Waals surface area (Å²) in [5.74, 6) is 1.31. The van der Waals surface area contributed by atoms with Gasteiger partial charge in [-0.2, -0.15) is 0 Å². The molecule has 1 aromatic heterocycles. The fraction of sp³-hybridized carbons (Fsp3) is 0.226. The molecule has 1 aliphatic heterocycles. The summed E-state index contributed by atoms with van der Waals surface area (Å²) in [4.78, 5) is 24.1. The van der Waals surface area contributed by atoms with Gasteiger partial charge in [-0.05, 0) is 91.2 Å². The molecule has 8 heteroatoms. The van der Waals surface area contributed by atoms with Crippen molar-refractivity contribution in [3.05, 3.63) is 94.0 Å². The van der Waals surface area contributed by atoms with E-state index in [9.17, 15) is 4.79 Å². The smallest absolute Gasteiger partial charge is 0.266 e. The van der Waals surface area contributed by atoms with Crippen LogP contribution in [0.2, 0.25) is 5.02 Å². The Bertz CT molecular complexity index is 1540. The topological polar surface area (TPSA) is 66.9 Å². The van der Waals surface area contributed by atoms with Gasteiger partial charge in [-0.25, -0.2) is 4.99 Å². The molecule has 1 N–H and O–H groups in total. The number of hydrogen-bond acceptors (Lipinski definition) is 5. The number of para-hydroxylation sites is 1. The number of aromatic nitrogens is 1. The number of hydrogen-bond donors (Lipinski definition) is 1. The summed E-state index contributed by atoms with van der Waals surface area (Å²) in [7, 11) is 1.63. The number of nitrogens with one attached hydrogen (secondary N) is 1. The number of amidine groups is 1. The van der Waals surface area contributed by atoms with Crippen molar-refractivity contribution in [3.8, 4) is 11.5 Å². The molecule has 5 rings (SSSR count). The predicted molar refractivity (Wildman–Crippen MR) is 161 cm³/mol. The van der Waals surface area contributed by atoms with Gasteiger partial charge in [0.25, 0.3) is 5.91 Å². The molecule has 0 bridgehead atoms. The Morgan fingerprint density at radius 1 is 1.13 bits per heavy atom. The van der Waals surface area contributed by atoms with Gasteiger partial charge in [0, 0.05) is 23.6 Å². The zero-order valence-corrected chi connectivity index (χ0v) is 23.7. The number of aromatic amines is 1. The van der Waals surface area contributed by atoms with Crippen molar-refractivity contribution in [2.24, 2.45) is 4.99 Å². The molecule has 1 amide bonds. The summed E-state index contributed by atoms with van der Waals surface area (Å²) in [6.07, 6.45) is 5.53. The van der Waals surface area contributed by atoms with Crippen molar-refractivity contribution in [1.82, 2.24) is 9.88 Å². The Hall–Kier alpha value is -3.68. The highest BCUT2D eigenvalue weighted by Gasteiger charge is 2.33. The second-order valence-corrected chi connectivity index (χ2v) is 10.7. The molecular weight excluding hydrogens is 530 g/mol. The molecular formula is C31H30ClN3O3S. The van der Waals surface area contributed by atoms with Gasteiger partial charge in [0.1, 0.15) is 11.5 Å². The summed E-state index contributed by atoms with van der Waals surface area (Å²) >= 11 is 7.87. The van der Waals surface area contributed by atoms with Crippen LogP contribution >= 0.6 is 23.4 Å². The maximum Gasteiger partial charge on any atom is 0.266 e. The van der Waals surface area contributed by atoms with Gasteiger partial charge < -0.3 is 14.5 Å². The number of nitrogens with zero attached hydrogens (tertiary/aromatic N) is 2. The summed E-state index contributed by atoms with van der Waals surface area (Å²) in [5, 5.41) is 2.32. The average Bonchev–Trinajstić information content (AvgIpc) is 3.49. The number of fused-ring (bicyclic) bond motifs is 1. The van der Waals surface area contributed by atoms with Gasteiger partial charge in [-0.1, -0.05) is 42.8 Å². The van der Waals surface area contributed by atoms with E-state index in [0.717, 1.165) is 39.9 Å². The van der Waals surface area contributed by atoms with Crippen LogP contribution in [0.5, 0.6) is 11.5 Å². The molecule has 0 radical (unpaired) electrons. The van der Waals surface area contributed by atoms with Gasteiger partial charge in [-0.3, -0.25) is 9.69 Å². The zero-order chi connectivity index (χ0) is 27.4. The van der Waals surface area contributed by atoms with Crippen molar-refractivity contribution in [2.45, 2.75) is 32.8 Å². The first-order valence-corrected chi connectivity index (χ1v) is 14.1. The standard InChI is InChI=1S/C31H30ClN3O3S/c1-4-20(2)38-28-14-9-21(17-26(28)32)18-29-30(36)35(16-15-22-19-33-27-8-6-5-7-25(22)27)31(39-29)34-23-10-12-24(37-3)13-11-23/h5-14,17-20,33H,4,15-16H2,1-3H3/b29-18-,34-31?/t20-/m1/s1. The SMILES string of the molecule is CC[C@@H](C)Oc1ccc(/C=C2\SC(=Nc3ccc(OC)cc3)N(CCc3c[nH]c4ccccc34)C2=O)cc1Cl. The fourth-order valence-electron chi connectivity index (χ4n) is 4.28. The van der Waals surface area contributed by atoms with Crippen molar-refractivity contribution in [3.63, 3.8) is 0 Å². The number of amides is 1. The van der Waals surface area contributed by atoms with E-state index in [1.165, 1.54) is 11.8 Å². The van der Waals surface area contributed by atoms with Crippen molar-refractivity contribution < 1.29 is 14.3 Å². The van der Waals surface area contributed by atoms with E-state index in [1.807, 2.05) is 73.8 Å². The third-order valence-corrected chi connectivity index (χ3v) is 7.92. The molecule has 1 atom stereocenters. The highest BCUT2D eigenvalue weighted by atomic mass is 35.5. The Morgan fingerprint density at radius 2 is 1.92 bits per heavy atom. The van der Waals surface area contributed by atoms with Gasteiger partial charge in [0.2, 0.25) is 0 Å². The van der Waals surface area contributed by atoms with Crippen molar-refractivity contribution in [2.75, 3.05) is 13.7 Å². The molecule has 200 valence electrons. The van der Waals surface area contributed by atoms with E-state index < -0.39 is 0 Å². The molecule has 1 saturated heterocycles. The maximum absolute atomic E-state index is 13.6. The zero-order valence-electron chi connectivity index (χ0n) is 22.1. The number of halogens is 1. The molecule has 1 fully saturated rings. The minimum atomic E-state index is -0.0804.